The summed E-state index contributed by atoms with van der Waals surface area (Å²) in [5.74, 6) is -1.96. The molecular formula is C34H54O7. The van der Waals surface area contributed by atoms with Gasteiger partial charge in [0.25, 0.3) is 0 Å². The van der Waals surface area contributed by atoms with Gasteiger partial charge in [0.1, 0.15) is 24.3 Å². The molecule has 4 fully saturated rings. The molecule has 0 spiro atoms. The third kappa shape index (κ3) is 5.10. The van der Waals surface area contributed by atoms with Crippen molar-refractivity contribution in [2.24, 2.45) is 51.2 Å². The Bertz CT molecular complexity index is 1040. The summed E-state index contributed by atoms with van der Waals surface area (Å²) in [6.07, 6.45) is 6.95. The molecule has 7 nitrogen and oxygen atoms in total. The van der Waals surface area contributed by atoms with Crippen molar-refractivity contribution in [2.75, 3.05) is 0 Å². The van der Waals surface area contributed by atoms with Gasteiger partial charge in [-0.25, -0.2) is 0 Å². The van der Waals surface area contributed by atoms with Gasteiger partial charge in [0.15, 0.2) is 0 Å². The SMILES string of the molecule is CC[C@H](O)CC(=O)O[C@H]1C[C@H]2[C@]3(C)CC[C@H]4[C@@](C)(CC)CCC[C@]4(C)[C@H]3C[C@H](OC(C)=O)[C@]2(C)[C@@H](C=O)[C@@H]1C(C)=O. The van der Waals surface area contributed by atoms with Gasteiger partial charge in [-0.05, 0) is 85.9 Å². The highest BCUT2D eigenvalue weighted by Crippen LogP contribution is 2.74. The number of rotatable bonds is 8. The van der Waals surface area contributed by atoms with Gasteiger partial charge in [-0.1, -0.05) is 54.4 Å². The van der Waals surface area contributed by atoms with Gasteiger partial charge in [-0.15, -0.1) is 0 Å². The monoisotopic (exact) mass is 574 g/mol. The van der Waals surface area contributed by atoms with Gasteiger partial charge in [0.05, 0.1) is 18.4 Å². The molecular weight excluding hydrogens is 520 g/mol. The van der Waals surface area contributed by atoms with Crippen LogP contribution in [0.1, 0.15) is 120 Å². The minimum absolute atomic E-state index is 0.0568. The van der Waals surface area contributed by atoms with E-state index in [9.17, 15) is 24.3 Å². The molecule has 0 bridgehead atoms. The molecule has 0 unspecified atom stereocenters. The first-order chi connectivity index (χ1) is 19.1. The minimum Gasteiger partial charge on any atom is -0.462 e. The first kappa shape index (κ1) is 32.2. The summed E-state index contributed by atoms with van der Waals surface area (Å²) in [6, 6.07) is 0. The molecule has 12 atom stereocenters. The Morgan fingerprint density at radius 2 is 1.59 bits per heavy atom. The van der Waals surface area contributed by atoms with Gasteiger partial charge in [0.2, 0.25) is 0 Å². The fourth-order valence-corrected chi connectivity index (χ4v) is 11.0. The molecule has 4 rings (SSSR count). The molecule has 0 radical (unpaired) electrons. The number of Topliss-reactive ketones (excluding diaryl/α,β-unsaturated/α-hetero) is 1. The van der Waals surface area contributed by atoms with E-state index >= 15 is 0 Å². The number of fused-ring (bicyclic) bond motifs is 5. The highest BCUT2D eigenvalue weighted by Gasteiger charge is 2.71. The average Bonchev–Trinajstić information content (AvgIpc) is 2.89. The summed E-state index contributed by atoms with van der Waals surface area (Å²) < 4.78 is 12.2. The lowest BCUT2D eigenvalue weighted by Crippen LogP contribution is -2.70. The topological polar surface area (TPSA) is 107 Å². The molecule has 0 aromatic rings. The molecule has 41 heavy (non-hydrogen) atoms. The predicted molar refractivity (Wildman–Crippen MR) is 156 cm³/mol. The highest BCUT2D eigenvalue weighted by molar-refractivity contribution is 5.83. The number of ether oxygens (including phenoxy) is 2. The number of aliphatic hydroxyl groups is 1. The standard InChI is InChI=1S/C34H54O7/c1-9-22(38)16-29(39)41-24-17-27-33(7)15-12-25-31(5,10-2)13-11-14-32(25,6)26(33)18-28(40-21(4)37)34(27,8)23(19-35)30(24)20(3)36/h19,22-28,30,38H,9-18H2,1-8H3/t22-,23-,24-,25-,26+,27-,28-,30-,31-,32-,33+,34+/m0/s1. The van der Waals surface area contributed by atoms with E-state index in [-0.39, 0.29) is 46.3 Å². The summed E-state index contributed by atoms with van der Waals surface area (Å²) in [5.41, 5.74) is -0.630. The van der Waals surface area contributed by atoms with Gasteiger partial charge < -0.3 is 19.4 Å². The zero-order valence-electron chi connectivity index (χ0n) is 26.7. The maximum Gasteiger partial charge on any atom is 0.308 e. The molecule has 0 heterocycles. The van der Waals surface area contributed by atoms with E-state index in [4.69, 9.17) is 9.47 Å². The van der Waals surface area contributed by atoms with Crippen LogP contribution in [0.15, 0.2) is 0 Å². The number of aldehydes is 1. The maximum atomic E-state index is 13.2. The second kappa shape index (κ2) is 11.4. The van der Waals surface area contributed by atoms with Crippen molar-refractivity contribution >= 4 is 24.0 Å². The summed E-state index contributed by atoms with van der Waals surface area (Å²) in [5, 5.41) is 10.1. The number of esters is 2. The van der Waals surface area contributed by atoms with Crippen LogP contribution < -0.4 is 0 Å². The van der Waals surface area contributed by atoms with Crippen LogP contribution in [-0.2, 0) is 28.7 Å². The van der Waals surface area contributed by atoms with Crippen LogP contribution in [0.2, 0.25) is 0 Å². The fraction of sp³-hybridized carbons (Fsp3) is 0.882. The second-order valence-electron chi connectivity index (χ2n) is 15.1. The summed E-state index contributed by atoms with van der Waals surface area (Å²) in [7, 11) is 0. The first-order valence-corrected chi connectivity index (χ1v) is 16.1. The predicted octanol–water partition coefficient (Wildman–Crippen LogP) is 6.08. The van der Waals surface area contributed by atoms with Crippen molar-refractivity contribution in [1.29, 1.82) is 0 Å². The van der Waals surface area contributed by atoms with Gasteiger partial charge in [0, 0.05) is 18.3 Å². The van der Waals surface area contributed by atoms with Crippen LogP contribution in [-0.4, -0.2) is 47.4 Å². The molecule has 232 valence electrons. The number of carbonyl (C=O) groups is 4. The van der Waals surface area contributed by atoms with Crippen molar-refractivity contribution in [3.8, 4) is 0 Å². The Balaban J connectivity index is 1.83. The van der Waals surface area contributed by atoms with Gasteiger partial charge >= 0.3 is 11.9 Å². The quantitative estimate of drug-likeness (QED) is 0.277. The molecule has 0 amide bonds. The molecule has 4 aliphatic carbocycles. The third-order valence-corrected chi connectivity index (χ3v) is 13.2. The zero-order valence-corrected chi connectivity index (χ0v) is 26.7. The molecule has 4 aliphatic rings. The van der Waals surface area contributed by atoms with Crippen LogP contribution in [0, 0.1) is 51.2 Å². The molecule has 4 saturated carbocycles. The smallest absolute Gasteiger partial charge is 0.308 e. The van der Waals surface area contributed by atoms with E-state index in [1.54, 1.807) is 6.92 Å². The van der Waals surface area contributed by atoms with Crippen LogP contribution in [0.4, 0.5) is 0 Å². The number of hydrogen-bond acceptors (Lipinski definition) is 7. The fourth-order valence-electron chi connectivity index (χ4n) is 11.0. The number of carbonyl (C=O) groups excluding carboxylic acids is 4. The minimum atomic E-state index is -0.820. The van der Waals surface area contributed by atoms with Gasteiger partial charge in [-0.3, -0.25) is 14.4 Å². The Morgan fingerprint density at radius 1 is 0.927 bits per heavy atom. The van der Waals surface area contributed by atoms with Crippen molar-refractivity contribution in [1.82, 2.24) is 0 Å². The second-order valence-corrected chi connectivity index (χ2v) is 15.1. The van der Waals surface area contributed by atoms with Crippen molar-refractivity contribution in [3.63, 3.8) is 0 Å². The molecule has 0 aromatic heterocycles. The van der Waals surface area contributed by atoms with E-state index in [0.29, 0.717) is 25.2 Å². The Labute approximate surface area is 246 Å². The van der Waals surface area contributed by atoms with E-state index in [0.717, 1.165) is 32.0 Å². The van der Waals surface area contributed by atoms with Crippen LogP contribution in [0.25, 0.3) is 0 Å². The Morgan fingerprint density at radius 3 is 2.15 bits per heavy atom. The van der Waals surface area contributed by atoms with Crippen LogP contribution in [0.3, 0.4) is 0 Å². The highest BCUT2D eigenvalue weighted by atomic mass is 16.5. The van der Waals surface area contributed by atoms with Crippen LogP contribution in [0.5, 0.6) is 0 Å². The summed E-state index contributed by atoms with van der Waals surface area (Å²) in [4.78, 5) is 51.7. The Kier molecular flexibility index (Phi) is 8.93. The maximum absolute atomic E-state index is 13.2. The lowest BCUT2D eigenvalue weighted by Gasteiger charge is -2.71. The largest absolute Gasteiger partial charge is 0.462 e. The lowest BCUT2D eigenvalue weighted by atomic mass is 9.33. The molecule has 0 aliphatic heterocycles. The number of ketones is 1. The van der Waals surface area contributed by atoms with Crippen molar-refractivity contribution in [3.05, 3.63) is 0 Å². The molecule has 0 saturated heterocycles. The van der Waals surface area contributed by atoms with Crippen LogP contribution >= 0.6 is 0 Å². The summed E-state index contributed by atoms with van der Waals surface area (Å²) >= 11 is 0. The normalized spacial score (nSPS) is 46.2. The molecule has 0 aromatic carbocycles. The van der Waals surface area contributed by atoms with Crippen molar-refractivity contribution < 1.29 is 33.8 Å². The zero-order chi connectivity index (χ0) is 30.5. The lowest BCUT2D eigenvalue weighted by molar-refractivity contribution is -0.264. The molecule has 7 heteroatoms. The van der Waals surface area contributed by atoms with E-state index < -0.39 is 41.5 Å². The van der Waals surface area contributed by atoms with E-state index in [2.05, 4.69) is 27.7 Å². The molecule has 1 N–H and O–H groups in total. The van der Waals surface area contributed by atoms with E-state index in [1.165, 1.54) is 26.7 Å². The van der Waals surface area contributed by atoms with E-state index in [1.807, 2.05) is 6.92 Å². The number of aliphatic hydroxyl groups excluding tert-OH is 1. The van der Waals surface area contributed by atoms with Gasteiger partial charge in [-0.2, -0.15) is 0 Å². The first-order valence-electron chi connectivity index (χ1n) is 16.1. The number of hydrogen-bond donors (Lipinski definition) is 1. The van der Waals surface area contributed by atoms with Crippen molar-refractivity contribution in [2.45, 2.75) is 138 Å². The average molecular weight is 575 g/mol. The summed E-state index contributed by atoms with van der Waals surface area (Å²) in [6.45, 7) is 16.3. The Hall–Kier alpha value is -1.76. The third-order valence-electron chi connectivity index (χ3n) is 13.2.